The first-order valence-corrected chi connectivity index (χ1v) is 10.8. The van der Waals surface area contributed by atoms with Crippen LogP contribution in [0.2, 0.25) is 0 Å². The first-order chi connectivity index (χ1) is 14.0. The summed E-state index contributed by atoms with van der Waals surface area (Å²) in [6.07, 6.45) is 0.211. The van der Waals surface area contributed by atoms with E-state index >= 15 is 0 Å². The molecule has 0 saturated carbocycles. The molecule has 0 fully saturated rings. The van der Waals surface area contributed by atoms with Crippen molar-refractivity contribution in [3.05, 3.63) is 80.5 Å². The van der Waals surface area contributed by atoms with Gasteiger partial charge in [-0.2, -0.15) is 0 Å². The fourth-order valence-corrected chi connectivity index (χ4v) is 4.72. The molecule has 1 aromatic heterocycles. The lowest BCUT2D eigenvalue weighted by Crippen LogP contribution is -2.39. The molecule has 0 spiro atoms. The van der Waals surface area contributed by atoms with Crippen LogP contribution in [0.5, 0.6) is 5.75 Å². The summed E-state index contributed by atoms with van der Waals surface area (Å²) < 4.78 is 6.09. The lowest BCUT2D eigenvalue weighted by Gasteiger charge is -2.29. The molecule has 5 nitrogen and oxygen atoms in total. The van der Waals surface area contributed by atoms with Crippen molar-refractivity contribution in [2.24, 2.45) is 0 Å². The Morgan fingerprint density at radius 1 is 1.24 bits per heavy atom. The number of benzene rings is 2. The van der Waals surface area contributed by atoms with E-state index in [1.807, 2.05) is 60.0 Å². The van der Waals surface area contributed by atoms with Gasteiger partial charge >= 0.3 is 0 Å². The molecule has 2 amide bonds. The maximum Gasteiger partial charge on any atom is 0.244 e. The smallest absolute Gasteiger partial charge is 0.244 e. The van der Waals surface area contributed by atoms with Crippen LogP contribution < -0.4 is 10.1 Å². The second-order valence-electron chi connectivity index (χ2n) is 6.74. The zero-order chi connectivity index (χ0) is 20.4. The van der Waals surface area contributed by atoms with Crippen LogP contribution in [0, 0.1) is 0 Å². The second-order valence-corrected chi connectivity index (χ2v) is 8.64. The number of anilines is 1. The molecule has 7 heteroatoms. The molecule has 29 heavy (non-hydrogen) atoms. The van der Waals surface area contributed by atoms with Gasteiger partial charge in [-0.1, -0.05) is 34.1 Å². The average molecular weight is 471 g/mol. The highest BCUT2D eigenvalue weighted by Crippen LogP contribution is 2.39. The van der Waals surface area contributed by atoms with Crippen molar-refractivity contribution in [1.82, 2.24) is 4.90 Å². The van der Waals surface area contributed by atoms with E-state index in [1.54, 1.807) is 23.3 Å². The Morgan fingerprint density at radius 3 is 2.72 bits per heavy atom. The molecule has 2 aromatic carbocycles. The summed E-state index contributed by atoms with van der Waals surface area (Å²) in [5.74, 6) is 0.442. The highest BCUT2D eigenvalue weighted by molar-refractivity contribution is 9.10. The predicted octanol–water partition coefficient (Wildman–Crippen LogP) is 4.63. The zero-order valence-electron chi connectivity index (χ0n) is 15.7. The second kappa shape index (κ2) is 8.39. The van der Waals surface area contributed by atoms with Crippen molar-refractivity contribution >= 4 is 44.8 Å². The summed E-state index contributed by atoms with van der Waals surface area (Å²) >= 11 is 5.10. The molecular weight excluding hydrogens is 452 g/mol. The minimum absolute atomic E-state index is 0.00382. The van der Waals surface area contributed by atoms with Crippen LogP contribution in [0.25, 0.3) is 0 Å². The Kier molecular flexibility index (Phi) is 5.69. The number of halogens is 1. The fraction of sp³-hybridized carbons (Fsp3) is 0.182. The van der Waals surface area contributed by atoms with E-state index in [1.165, 1.54) is 0 Å². The van der Waals surface area contributed by atoms with Crippen molar-refractivity contribution in [3.63, 3.8) is 0 Å². The number of nitrogens with zero attached hydrogens (tertiary/aromatic N) is 1. The Balaban J connectivity index is 1.72. The van der Waals surface area contributed by atoms with Crippen molar-refractivity contribution < 1.29 is 14.3 Å². The summed E-state index contributed by atoms with van der Waals surface area (Å²) in [7, 11) is 1.61. The van der Waals surface area contributed by atoms with E-state index in [-0.39, 0.29) is 30.8 Å². The lowest BCUT2D eigenvalue weighted by molar-refractivity contribution is -0.135. The number of methoxy groups -OCH3 is 1. The quantitative estimate of drug-likeness (QED) is 0.604. The molecule has 1 N–H and O–H groups in total. The summed E-state index contributed by atoms with van der Waals surface area (Å²) in [6, 6.07) is 16.8. The third kappa shape index (κ3) is 4.21. The fourth-order valence-electron chi connectivity index (χ4n) is 3.48. The number of nitrogens with one attached hydrogen (secondary N) is 1. The molecule has 0 saturated heterocycles. The van der Waals surface area contributed by atoms with Crippen molar-refractivity contribution in [1.29, 1.82) is 0 Å². The van der Waals surface area contributed by atoms with Crippen LogP contribution in [0.1, 0.15) is 22.0 Å². The molecule has 1 aliphatic rings. The van der Waals surface area contributed by atoms with Gasteiger partial charge in [0.15, 0.2) is 0 Å². The van der Waals surface area contributed by atoms with E-state index < -0.39 is 0 Å². The van der Waals surface area contributed by atoms with E-state index in [0.29, 0.717) is 0 Å². The topological polar surface area (TPSA) is 58.6 Å². The van der Waals surface area contributed by atoms with Gasteiger partial charge in [0.1, 0.15) is 12.3 Å². The van der Waals surface area contributed by atoms with Gasteiger partial charge in [-0.05, 0) is 47.3 Å². The number of carbonyl (C=O) groups is 2. The van der Waals surface area contributed by atoms with Gasteiger partial charge in [0, 0.05) is 20.6 Å². The Morgan fingerprint density at radius 2 is 2.03 bits per heavy atom. The highest BCUT2D eigenvalue weighted by atomic mass is 79.9. The third-order valence-corrected chi connectivity index (χ3v) is 6.27. The van der Waals surface area contributed by atoms with Crippen LogP contribution >= 0.6 is 27.3 Å². The first kappa shape index (κ1) is 19.7. The number of carbonyl (C=O) groups excluding carboxylic acids is 2. The van der Waals surface area contributed by atoms with Crippen molar-refractivity contribution in [2.45, 2.75) is 12.5 Å². The number of hydrogen-bond acceptors (Lipinski definition) is 4. The molecule has 2 heterocycles. The number of hydrogen-bond donors (Lipinski definition) is 1. The monoisotopic (exact) mass is 470 g/mol. The van der Waals surface area contributed by atoms with Gasteiger partial charge in [0.05, 0.1) is 19.6 Å². The number of thiophene rings is 1. The van der Waals surface area contributed by atoms with E-state index in [0.717, 1.165) is 31.9 Å². The maximum absolute atomic E-state index is 13.3. The van der Waals surface area contributed by atoms with Gasteiger partial charge in [0.25, 0.3) is 0 Å². The first-order valence-electron chi connectivity index (χ1n) is 9.10. The number of fused-ring (bicyclic) bond motifs is 1. The predicted molar refractivity (Wildman–Crippen MR) is 117 cm³/mol. The molecule has 148 valence electrons. The Hall–Kier alpha value is -2.64. The van der Waals surface area contributed by atoms with Crippen LogP contribution in [0.15, 0.2) is 64.5 Å². The zero-order valence-corrected chi connectivity index (χ0v) is 18.1. The van der Waals surface area contributed by atoms with Gasteiger partial charge < -0.3 is 15.0 Å². The Labute approximate surface area is 181 Å². The van der Waals surface area contributed by atoms with Crippen LogP contribution in [0.4, 0.5) is 5.69 Å². The van der Waals surface area contributed by atoms with Gasteiger partial charge in [-0.3, -0.25) is 9.59 Å². The highest BCUT2D eigenvalue weighted by Gasteiger charge is 2.34. The van der Waals surface area contributed by atoms with E-state index in [9.17, 15) is 9.59 Å². The van der Waals surface area contributed by atoms with Crippen LogP contribution in [-0.2, 0) is 16.0 Å². The lowest BCUT2D eigenvalue weighted by atomic mass is 10.0. The summed E-state index contributed by atoms with van der Waals surface area (Å²) in [6.45, 7) is 0.00382. The van der Waals surface area contributed by atoms with Gasteiger partial charge in [-0.25, -0.2) is 0 Å². The van der Waals surface area contributed by atoms with Gasteiger partial charge in [0.2, 0.25) is 11.8 Å². The molecule has 3 aromatic rings. The normalized spacial score (nSPS) is 16.0. The molecule has 0 radical (unpaired) electrons. The molecule has 4 rings (SSSR count). The SMILES string of the molecule is COc1ccc(CC(=O)N2CC(=O)Nc3ccc(Br)cc3C2c2cccs2)cc1. The summed E-state index contributed by atoms with van der Waals surface area (Å²) in [4.78, 5) is 28.6. The molecule has 1 atom stereocenters. The number of amides is 2. The molecule has 0 bridgehead atoms. The minimum atomic E-state index is -0.327. The minimum Gasteiger partial charge on any atom is -0.497 e. The van der Waals surface area contributed by atoms with Crippen molar-refractivity contribution in [3.8, 4) is 5.75 Å². The molecule has 1 unspecified atom stereocenters. The average Bonchev–Trinajstić information content (AvgIpc) is 3.19. The number of rotatable bonds is 4. The summed E-state index contributed by atoms with van der Waals surface area (Å²) in [5.41, 5.74) is 2.51. The Bertz CT molecular complexity index is 1030. The van der Waals surface area contributed by atoms with E-state index in [2.05, 4.69) is 21.2 Å². The molecule has 0 aliphatic carbocycles. The summed E-state index contributed by atoms with van der Waals surface area (Å²) in [5, 5.41) is 4.93. The van der Waals surface area contributed by atoms with Crippen LogP contribution in [0.3, 0.4) is 0 Å². The van der Waals surface area contributed by atoms with Gasteiger partial charge in [-0.15, -0.1) is 11.3 Å². The number of ether oxygens (including phenoxy) is 1. The largest absolute Gasteiger partial charge is 0.497 e. The molecular formula is C22H19BrN2O3S. The van der Waals surface area contributed by atoms with E-state index in [4.69, 9.17) is 4.74 Å². The third-order valence-electron chi connectivity index (χ3n) is 4.86. The van der Waals surface area contributed by atoms with Crippen LogP contribution in [-0.4, -0.2) is 30.4 Å². The van der Waals surface area contributed by atoms with Crippen molar-refractivity contribution in [2.75, 3.05) is 19.0 Å². The maximum atomic E-state index is 13.3. The molecule has 1 aliphatic heterocycles. The standard InChI is InChI=1S/C22H19BrN2O3S/c1-28-16-7-4-14(5-8-16)11-21(27)25-13-20(26)24-18-9-6-15(23)12-17(18)22(25)19-3-2-10-29-19/h2-10,12,22H,11,13H2,1H3,(H,24,26).